The fourth-order valence-corrected chi connectivity index (χ4v) is 1.61. The molecule has 0 radical (unpaired) electrons. The van der Waals surface area contributed by atoms with Gasteiger partial charge in [0.15, 0.2) is 0 Å². The summed E-state index contributed by atoms with van der Waals surface area (Å²) in [6.45, 7) is 0.460. The number of pyridine rings is 1. The quantitative estimate of drug-likeness (QED) is 0.807. The number of nitrogens with zero attached hydrogens (tertiary/aromatic N) is 2. The number of aromatic nitrogens is 2. The summed E-state index contributed by atoms with van der Waals surface area (Å²) in [5.41, 5.74) is 1.76. The molecule has 72 valence electrons. The van der Waals surface area contributed by atoms with E-state index in [1.54, 1.807) is 41.4 Å². The molecule has 0 atom stereocenters. The van der Waals surface area contributed by atoms with Gasteiger partial charge in [0, 0.05) is 12.4 Å². The van der Waals surface area contributed by atoms with E-state index in [1.807, 2.05) is 0 Å². The lowest BCUT2D eigenvalue weighted by atomic mass is 10.5. The molecule has 2 heterocycles. The first kappa shape index (κ1) is 9.43. The topological polar surface area (TPSA) is 35.0 Å². The van der Waals surface area contributed by atoms with Crippen molar-refractivity contribution in [1.82, 2.24) is 9.97 Å². The van der Waals surface area contributed by atoms with E-state index < -0.39 is 0 Å². The molecule has 0 aromatic carbocycles. The van der Waals surface area contributed by atoms with Gasteiger partial charge in [-0.1, -0.05) is 11.6 Å². The van der Waals surface area contributed by atoms with Crippen LogP contribution in [0.2, 0.25) is 5.02 Å². The van der Waals surface area contributed by atoms with Gasteiger partial charge >= 0.3 is 0 Å². The maximum absolute atomic E-state index is 5.86. The van der Waals surface area contributed by atoms with Crippen molar-refractivity contribution in [3.05, 3.63) is 39.9 Å². The van der Waals surface area contributed by atoms with Crippen LogP contribution in [0, 0.1) is 0 Å². The normalized spacial score (nSPS) is 10.1. The summed E-state index contributed by atoms with van der Waals surface area (Å²) in [4.78, 5) is 9.00. The summed E-state index contributed by atoms with van der Waals surface area (Å²) in [5, 5.41) is 0.525. The monoisotopic (exact) mass is 226 g/mol. The Morgan fingerprint density at radius 3 is 3.14 bits per heavy atom. The SMILES string of the molecule is Clc1cccnc1OCc1cncs1. The van der Waals surface area contributed by atoms with E-state index in [9.17, 15) is 0 Å². The summed E-state index contributed by atoms with van der Waals surface area (Å²) in [6, 6.07) is 3.51. The van der Waals surface area contributed by atoms with Gasteiger partial charge in [0.2, 0.25) is 5.88 Å². The zero-order chi connectivity index (χ0) is 9.80. The van der Waals surface area contributed by atoms with Crippen molar-refractivity contribution in [3.63, 3.8) is 0 Å². The van der Waals surface area contributed by atoms with Crippen LogP contribution in [0.5, 0.6) is 5.88 Å². The zero-order valence-electron chi connectivity index (χ0n) is 7.18. The smallest absolute Gasteiger partial charge is 0.232 e. The Kier molecular flexibility index (Phi) is 2.96. The first-order chi connectivity index (χ1) is 6.86. The van der Waals surface area contributed by atoms with Gasteiger partial charge in [0.25, 0.3) is 0 Å². The maximum atomic E-state index is 5.86. The van der Waals surface area contributed by atoms with E-state index in [2.05, 4.69) is 9.97 Å². The average Bonchev–Trinajstić information content (AvgIpc) is 2.69. The number of ether oxygens (including phenoxy) is 1. The lowest BCUT2D eigenvalue weighted by Crippen LogP contribution is -1.95. The Balaban J connectivity index is 2.02. The molecule has 0 unspecified atom stereocenters. The Labute approximate surface area is 90.3 Å². The number of hydrogen-bond acceptors (Lipinski definition) is 4. The third-order valence-electron chi connectivity index (χ3n) is 1.56. The first-order valence-corrected chi connectivity index (χ1v) is 5.22. The molecular formula is C9H7ClN2OS. The maximum Gasteiger partial charge on any atom is 0.232 e. The third-order valence-corrected chi connectivity index (χ3v) is 2.60. The molecule has 0 spiro atoms. The molecule has 0 amide bonds. The fourth-order valence-electron chi connectivity index (χ4n) is 0.930. The van der Waals surface area contributed by atoms with Crippen LogP contribution in [0.3, 0.4) is 0 Å². The highest BCUT2D eigenvalue weighted by molar-refractivity contribution is 7.09. The third kappa shape index (κ3) is 2.21. The number of thiazole rings is 1. The molecule has 0 aliphatic carbocycles. The predicted octanol–water partition coefficient (Wildman–Crippen LogP) is 2.77. The van der Waals surface area contributed by atoms with Gasteiger partial charge in [-0.25, -0.2) is 4.98 Å². The summed E-state index contributed by atoms with van der Waals surface area (Å²) in [6.07, 6.45) is 3.41. The largest absolute Gasteiger partial charge is 0.471 e. The minimum Gasteiger partial charge on any atom is -0.471 e. The molecule has 5 heteroatoms. The van der Waals surface area contributed by atoms with Gasteiger partial charge in [-0.05, 0) is 12.1 Å². The second-order valence-electron chi connectivity index (χ2n) is 2.55. The van der Waals surface area contributed by atoms with Crippen LogP contribution in [0.4, 0.5) is 0 Å². The molecule has 2 rings (SSSR count). The Morgan fingerprint density at radius 2 is 2.43 bits per heavy atom. The van der Waals surface area contributed by atoms with Crippen molar-refractivity contribution in [3.8, 4) is 5.88 Å². The lowest BCUT2D eigenvalue weighted by molar-refractivity contribution is 0.297. The van der Waals surface area contributed by atoms with Crippen molar-refractivity contribution >= 4 is 22.9 Å². The Morgan fingerprint density at radius 1 is 1.50 bits per heavy atom. The molecule has 2 aromatic rings. The minimum atomic E-state index is 0.460. The second-order valence-corrected chi connectivity index (χ2v) is 3.92. The molecule has 0 aliphatic rings. The van der Waals surface area contributed by atoms with Crippen LogP contribution in [-0.2, 0) is 6.61 Å². The molecular weight excluding hydrogens is 220 g/mol. The summed E-state index contributed by atoms with van der Waals surface area (Å²) in [7, 11) is 0. The molecule has 0 aliphatic heterocycles. The van der Waals surface area contributed by atoms with Gasteiger partial charge in [0.1, 0.15) is 11.6 Å². The van der Waals surface area contributed by atoms with E-state index in [0.29, 0.717) is 17.5 Å². The lowest BCUT2D eigenvalue weighted by Gasteiger charge is -2.03. The molecule has 0 fully saturated rings. The molecule has 2 aromatic heterocycles. The highest BCUT2D eigenvalue weighted by Crippen LogP contribution is 2.21. The van der Waals surface area contributed by atoms with E-state index in [0.717, 1.165) is 4.88 Å². The first-order valence-electron chi connectivity index (χ1n) is 3.97. The summed E-state index contributed by atoms with van der Waals surface area (Å²) < 4.78 is 5.41. The summed E-state index contributed by atoms with van der Waals surface area (Å²) >= 11 is 7.41. The van der Waals surface area contributed by atoms with Crippen molar-refractivity contribution in [2.45, 2.75) is 6.61 Å². The van der Waals surface area contributed by atoms with Crippen molar-refractivity contribution in [1.29, 1.82) is 0 Å². The standard InChI is InChI=1S/C9H7ClN2OS/c10-8-2-1-3-12-9(8)13-5-7-4-11-6-14-7/h1-4,6H,5H2. The molecule has 0 saturated carbocycles. The molecule has 14 heavy (non-hydrogen) atoms. The number of rotatable bonds is 3. The average molecular weight is 227 g/mol. The fraction of sp³-hybridized carbons (Fsp3) is 0.111. The summed E-state index contributed by atoms with van der Waals surface area (Å²) in [5.74, 6) is 0.461. The van der Waals surface area contributed by atoms with Crippen molar-refractivity contribution < 1.29 is 4.74 Å². The second kappa shape index (κ2) is 4.39. The Hall–Kier alpha value is -1.13. The van der Waals surface area contributed by atoms with Gasteiger partial charge in [-0.3, -0.25) is 4.98 Å². The van der Waals surface area contributed by atoms with E-state index >= 15 is 0 Å². The predicted molar refractivity (Wildman–Crippen MR) is 55.7 cm³/mol. The van der Waals surface area contributed by atoms with Crippen LogP contribution in [0.1, 0.15) is 4.88 Å². The van der Waals surface area contributed by atoms with Crippen molar-refractivity contribution in [2.24, 2.45) is 0 Å². The van der Waals surface area contributed by atoms with Gasteiger partial charge in [0.05, 0.1) is 10.4 Å². The molecule has 0 saturated heterocycles. The highest BCUT2D eigenvalue weighted by atomic mass is 35.5. The van der Waals surface area contributed by atoms with Gasteiger partial charge < -0.3 is 4.74 Å². The van der Waals surface area contributed by atoms with Gasteiger partial charge in [-0.2, -0.15) is 0 Å². The zero-order valence-corrected chi connectivity index (χ0v) is 8.76. The van der Waals surface area contributed by atoms with E-state index in [4.69, 9.17) is 16.3 Å². The van der Waals surface area contributed by atoms with E-state index in [1.165, 1.54) is 0 Å². The van der Waals surface area contributed by atoms with Crippen molar-refractivity contribution in [2.75, 3.05) is 0 Å². The molecule has 0 bridgehead atoms. The van der Waals surface area contributed by atoms with Crippen LogP contribution < -0.4 is 4.74 Å². The Bertz CT molecular complexity index is 405. The van der Waals surface area contributed by atoms with Gasteiger partial charge in [-0.15, -0.1) is 11.3 Å². The highest BCUT2D eigenvalue weighted by Gasteiger charge is 2.02. The van der Waals surface area contributed by atoms with Crippen LogP contribution in [-0.4, -0.2) is 9.97 Å². The van der Waals surface area contributed by atoms with E-state index in [-0.39, 0.29) is 0 Å². The number of hydrogen-bond donors (Lipinski definition) is 0. The molecule has 3 nitrogen and oxygen atoms in total. The van der Waals surface area contributed by atoms with Crippen LogP contribution >= 0.6 is 22.9 Å². The molecule has 0 N–H and O–H groups in total. The number of halogens is 1. The van der Waals surface area contributed by atoms with Crippen LogP contribution in [0.15, 0.2) is 30.0 Å². The minimum absolute atomic E-state index is 0.460. The van der Waals surface area contributed by atoms with Crippen LogP contribution in [0.25, 0.3) is 0 Å².